The van der Waals surface area contributed by atoms with Gasteiger partial charge in [-0.15, -0.1) is 11.3 Å². The zero-order valence-electron chi connectivity index (χ0n) is 15.6. The summed E-state index contributed by atoms with van der Waals surface area (Å²) in [4.78, 5) is 15.2. The molecule has 1 aromatic carbocycles. The minimum absolute atomic E-state index is 0.103. The molecular formula is C19H22N4O3S2. The standard InChI is InChI=1S/C19H22N4O3S2/c1-15-2-7-19(27-15)28(25,26)23-12-10-22(11-13-23)9-8-18(24)21-17-5-3-16(14-20)4-6-17/h2-7H,8-13H2,1H3,(H,21,24). The number of aryl methyl sites for hydroxylation is 1. The second-order valence-corrected chi connectivity index (χ2v) is 10.1. The van der Waals surface area contributed by atoms with Crippen molar-refractivity contribution in [2.75, 3.05) is 38.0 Å². The number of rotatable bonds is 6. The third kappa shape index (κ3) is 4.97. The van der Waals surface area contributed by atoms with Crippen LogP contribution in [0.4, 0.5) is 5.69 Å². The predicted octanol–water partition coefficient (Wildman–Crippen LogP) is 2.26. The highest BCUT2D eigenvalue weighted by molar-refractivity contribution is 7.91. The molecule has 1 fully saturated rings. The third-order valence-electron chi connectivity index (χ3n) is 4.59. The summed E-state index contributed by atoms with van der Waals surface area (Å²) >= 11 is 1.29. The molecule has 1 saturated heterocycles. The van der Waals surface area contributed by atoms with Crippen molar-refractivity contribution in [3.05, 3.63) is 46.8 Å². The van der Waals surface area contributed by atoms with Crippen LogP contribution < -0.4 is 5.32 Å². The fourth-order valence-electron chi connectivity index (χ4n) is 2.98. The van der Waals surface area contributed by atoms with Crippen LogP contribution >= 0.6 is 11.3 Å². The van der Waals surface area contributed by atoms with Gasteiger partial charge >= 0.3 is 0 Å². The molecule has 2 aromatic rings. The van der Waals surface area contributed by atoms with Gasteiger partial charge in [0.2, 0.25) is 5.91 Å². The third-order valence-corrected chi connectivity index (χ3v) is 7.96. The molecule has 0 saturated carbocycles. The van der Waals surface area contributed by atoms with Gasteiger partial charge in [-0.2, -0.15) is 9.57 Å². The summed E-state index contributed by atoms with van der Waals surface area (Å²) in [6.07, 6.45) is 0.330. The number of carbonyl (C=O) groups is 1. The molecule has 7 nitrogen and oxygen atoms in total. The summed E-state index contributed by atoms with van der Waals surface area (Å²) in [5, 5.41) is 11.6. The number of hydrogen-bond acceptors (Lipinski definition) is 6. The number of nitrogens with one attached hydrogen (secondary N) is 1. The minimum Gasteiger partial charge on any atom is -0.326 e. The van der Waals surface area contributed by atoms with Gasteiger partial charge in [0.25, 0.3) is 10.0 Å². The number of sulfonamides is 1. The van der Waals surface area contributed by atoms with E-state index in [0.29, 0.717) is 54.6 Å². The summed E-state index contributed by atoms with van der Waals surface area (Å²) in [6.45, 7) is 4.53. The largest absolute Gasteiger partial charge is 0.326 e. The first kappa shape index (κ1) is 20.5. The Morgan fingerprint density at radius 2 is 1.82 bits per heavy atom. The molecule has 0 spiro atoms. The van der Waals surface area contributed by atoms with Crippen molar-refractivity contribution >= 4 is 33.0 Å². The minimum atomic E-state index is -3.42. The van der Waals surface area contributed by atoms with Crippen molar-refractivity contribution in [1.82, 2.24) is 9.21 Å². The predicted molar refractivity (Wildman–Crippen MR) is 109 cm³/mol. The van der Waals surface area contributed by atoms with E-state index in [4.69, 9.17) is 5.26 Å². The topological polar surface area (TPSA) is 93.5 Å². The van der Waals surface area contributed by atoms with E-state index < -0.39 is 10.0 Å². The van der Waals surface area contributed by atoms with Crippen molar-refractivity contribution in [3.8, 4) is 6.07 Å². The molecule has 3 rings (SSSR count). The van der Waals surface area contributed by atoms with E-state index in [1.165, 1.54) is 15.6 Å². The van der Waals surface area contributed by atoms with Crippen molar-refractivity contribution < 1.29 is 13.2 Å². The zero-order chi connectivity index (χ0) is 20.1. The lowest BCUT2D eigenvalue weighted by Crippen LogP contribution is -2.48. The first-order valence-electron chi connectivity index (χ1n) is 8.97. The highest BCUT2D eigenvalue weighted by Crippen LogP contribution is 2.25. The molecule has 2 heterocycles. The van der Waals surface area contributed by atoms with Gasteiger partial charge in [-0.25, -0.2) is 8.42 Å². The first-order chi connectivity index (χ1) is 13.4. The summed E-state index contributed by atoms with van der Waals surface area (Å²) in [6, 6.07) is 12.2. The van der Waals surface area contributed by atoms with Crippen LogP contribution in [-0.2, 0) is 14.8 Å². The molecule has 0 unspecified atom stereocenters. The molecule has 1 N–H and O–H groups in total. The fraction of sp³-hybridized carbons (Fsp3) is 0.368. The number of nitriles is 1. The number of piperazine rings is 1. The Bertz CT molecular complexity index is 969. The van der Waals surface area contributed by atoms with E-state index in [9.17, 15) is 13.2 Å². The normalized spacial score (nSPS) is 15.9. The summed E-state index contributed by atoms with van der Waals surface area (Å²) in [5.74, 6) is -0.103. The van der Waals surface area contributed by atoms with Crippen LogP contribution in [0.1, 0.15) is 16.9 Å². The second kappa shape index (κ2) is 8.84. The van der Waals surface area contributed by atoms with Crippen molar-refractivity contribution in [1.29, 1.82) is 5.26 Å². The Morgan fingerprint density at radius 3 is 2.39 bits per heavy atom. The van der Waals surface area contributed by atoms with E-state index in [0.717, 1.165) is 4.88 Å². The molecule has 1 aliphatic rings. The molecule has 0 aliphatic carbocycles. The first-order valence-corrected chi connectivity index (χ1v) is 11.2. The maximum absolute atomic E-state index is 12.7. The lowest BCUT2D eigenvalue weighted by molar-refractivity contribution is -0.116. The van der Waals surface area contributed by atoms with Crippen molar-refractivity contribution in [2.45, 2.75) is 17.6 Å². The smallest absolute Gasteiger partial charge is 0.252 e. The number of thiophene rings is 1. The van der Waals surface area contributed by atoms with Crippen molar-refractivity contribution in [2.24, 2.45) is 0 Å². The van der Waals surface area contributed by atoms with Crippen LogP contribution in [0.25, 0.3) is 0 Å². The van der Waals surface area contributed by atoms with Gasteiger partial charge in [-0.3, -0.25) is 4.79 Å². The highest BCUT2D eigenvalue weighted by Gasteiger charge is 2.29. The lowest BCUT2D eigenvalue weighted by atomic mass is 10.2. The molecule has 9 heteroatoms. The Hall–Kier alpha value is -2.25. The Kier molecular flexibility index (Phi) is 6.46. The molecule has 0 radical (unpaired) electrons. The quantitative estimate of drug-likeness (QED) is 0.777. The maximum atomic E-state index is 12.7. The molecule has 28 heavy (non-hydrogen) atoms. The fourth-order valence-corrected chi connectivity index (χ4v) is 5.84. The van der Waals surface area contributed by atoms with Crippen LogP contribution in [0.5, 0.6) is 0 Å². The van der Waals surface area contributed by atoms with Crippen LogP contribution in [0.2, 0.25) is 0 Å². The zero-order valence-corrected chi connectivity index (χ0v) is 17.2. The summed E-state index contributed by atoms with van der Waals surface area (Å²) < 4.78 is 27.2. The van der Waals surface area contributed by atoms with Crippen molar-refractivity contribution in [3.63, 3.8) is 0 Å². The number of benzene rings is 1. The molecular weight excluding hydrogens is 396 g/mol. The van der Waals surface area contributed by atoms with E-state index in [1.54, 1.807) is 30.3 Å². The average Bonchev–Trinajstić information content (AvgIpc) is 3.14. The number of hydrogen-bond donors (Lipinski definition) is 1. The second-order valence-electron chi connectivity index (χ2n) is 6.60. The van der Waals surface area contributed by atoms with Gasteiger partial charge < -0.3 is 10.2 Å². The number of carbonyl (C=O) groups excluding carboxylic acids is 1. The van der Waals surface area contributed by atoms with Gasteiger partial charge in [0.15, 0.2) is 0 Å². The van der Waals surface area contributed by atoms with E-state index in [-0.39, 0.29) is 5.91 Å². The molecule has 0 bridgehead atoms. The summed E-state index contributed by atoms with van der Waals surface area (Å²) in [5.41, 5.74) is 1.20. The highest BCUT2D eigenvalue weighted by atomic mass is 32.2. The van der Waals surface area contributed by atoms with Gasteiger partial charge in [0, 0.05) is 49.7 Å². The number of nitrogens with zero attached hydrogens (tertiary/aromatic N) is 3. The SMILES string of the molecule is Cc1ccc(S(=O)(=O)N2CCN(CCC(=O)Nc3ccc(C#N)cc3)CC2)s1. The summed E-state index contributed by atoms with van der Waals surface area (Å²) in [7, 11) is -3.42. The van der Waals surface area contributed by atoms with Crippen LogP contribution in [0, 0.1) is 18.3 Å². The van der Waals surface area contributed by atoms with Crippen LogP contribution in [0.15, 0.2) is 40.6 Å². The Balaban J connectivity index is 1.45. The maximum Gasteiger partial charge on any atom is 0.252 e. The molecule has 1 aliphatic heterocycles. The van der Waals surface area contributed by atoms with Gasteiger partial charge in [-0.05, 0) is 43.3 Å². The molecule has 1 amide bonds. The number of amides is 1. The Morgan fingerprint density at radius 1 is 1.14 bits per heavy atom. The monoisotopic (exact) mass is 418 g/mol. The van der Waals surface area contributed by atoms with E-state index in [2.05, 4.69) is 10.2 Å². The van der Waals surface area contributed by atoms with Crippen LogP contribution in [0.3, 0.4) is 0 Å². The molecule has 1 aromatic heterocycles. The van der Waals surface area contributed by atoms with Crippen LogP contribution in [-0.4, -0.2) is 56.3 Å². The molecule has 148 valence electrons. The molecule has 0 atom stereocenters. The number of anilines is 1. The average molecular weight is 419 g/mol. The lowest BCUT2D eigenvalue weighted by Gasteiger charge is -2.33. The van der Waals surface area contributed by atoms with E-state index >= 15 is 0 Å². The van der Waals surface area contributed by atoms with Gasteiger partial charge in [0.05, 0.1) is 11.6 Å². The van der Waals surface area contributed by atoms with Gasteiger partial charge in [0.1, 0.15) is 4.21 Å². The van der Waals surface area contributed by atoms with E-state index in [1.807, 2.05) is 19.1 Å². The Labute approximate surface area is 169 Å². The van der Waals surface area contributed by atoms with Gasteiger partial charge in [-0.1, -0.05) is 0 Å².